The van der Waals surface area contributed by atoms with Gasteiger partial charge >= 0.3 is 0 Å². The van der Waals surface area contributed by atoms with Crippen LogP contribution in [-0.4, -0.2) is 44.2 Å². The van der Waals surface area contributed by atoms with Crippen molar-refractivity contribution in [2.45, 2.75) is 46.1 Å². The highest BCUT2D eigenvalue weighted by atomic mass is 16.5. The van der Waals surface area contributed by atoms with Gasteiger partial charge in [-0.3, -0.25) is 0 Å². The SMILES string of the molecule is CCCNC(CCN(CC)CC)Cc1ccccc1OC. The van der Waals surface area contributed by atoms with Gasteiger partial charge in [-0.05, 0) is 57.1 Å². The van der Waals surface area contributed by atoms with Crippen LogP contribution in [0.3, 0.4) is 0 Å². The molecule has 0 saturated carbocycles. The van der Waals surface area contributed by atoms with Crippen molar-refractivity contribution in [2.75, 3.05) is 33.3 Å². The Morgan fingerprint density at radius 3 is 2.48 bits per heavy atom. The van der Waals surface area contributed by atoms with Gasteiger partial charge in [0.05, 0.1) is 7.11 Å². The number of nitrogens with one attached hydrogen (secondary N) is 1. The molecule has 21 heavy (non-hydrogen) atoms. The summed E-state index contributed by atoms with van der Waals surface area (Å²) >= 11 is 0. The summed E-state index contributed by atoms with van der Waals surface area (Å²) in [5.41, 5.74) is 1.30. The van der Waals surface area contributed by atoms with E-state index >= 15 is 0 Å². The smallest absolute Gasteiger partial charge is 0.122 e. The summed E-state index contributed by atoms with van der Waals surface area (Å²) in [4.78, 5) is 2.49. The average Bonchev–Trinajstić information content (AvgIpc) is 2.53. The van der Waals surface area contributed by atoms with Crippen LogP contribution in [0.4, 0.5) is 0 Å². The maximum absolute atomic E-state index is 5.48. The number of nitrogens with zero attached hydrogens (tertiary/aromatic N) is 1. The first-order valence-electron chi connectivity index (χ1n) is 8.32. The van der Waals surface area contributed by atoms with Crippen molar-refractivity contribution < 1.29 is 4.74 Å². The van der Waals surface area contributed by atoms with E-state index < -0.39 is 0 Å². The zero-order valence-electron chi connectivity index (χ0n) is 14.2. The summed E-state index contributed by atoms with van der Waals surface area (Å²) in [7, 11) is 1.75. The molecule has 0 fully saturated rings. The second-order valence-corrected chi connectivity index (χ2v) is 5.48. The third kappa shape index (κ3) is 6.49. The molecule has 0 aliphatic carbocycles. The predicted molar refractivity (Wildman–Crippen MR) is 91.2 cm³/mol. The number of rotatable bonds is 11. The van der Waals surface area contributed by atoms with Crippen LogP contribution in [0.2, 0.25) is 0 Å². The number of hydrogen-bond donors (Lipinski definition) is 1. The third-order valence-electron chi connectivity index (χ3n) is 4.03. The minimum Gasteiger partial charge on any atom is -0.496 e. The fraction of sp³-hybridized carbons (Fsp3) is 0.667. The minimum atomic E-state index is 0.516. The number of methoxy groups -OCH3 is 1. The lowest BCUT2D eigenvalue weighted by Crippen LogP contribution is -2.36. The summed E-state index contributed by atoms with van der Waals surface area (Å²) in [6, 6.07) is 8.88. The molecule has 0 aliphatic heterocycles. The van der Waals surface area contributed by atoms with E-state index in [1.165, 1.54) is 18.4 Å². The average molecular weight is 292 g/mol. The fourth-order valence-electron chi connectivity index (χ4n) is 2.64. The number of para-hydroxylation sites is 1. The molecular formula is C18H32N2O. The summed E-state index contributed by atoms with van der Waals surface area (Å²) in [6.07, 6.45) is 3.39. The zero-order chi connectivity index (χ0) is 15.5. The van der Waals surface area contributed by atoms with Gasteiger partial charge < -0.3 is 15.0 Å². The molecule has 1 aromatic carbocycles. The number of ether oxygens (including phenoxy) is 1. The molecule has 3 nitrogen and oxygen atoms in total. The van der Waals surface area contributed by atoms with Crippen molar-refractivity contribution in [1.82, 2.24) is 10.2 Å². The molecule has 1 aromatic rings. The van der Waals surface area contributed by atoms with Crippen molar-refractivity contribution in [3.63, 3.8) is 0 Å². The van der Waals surface area contributed by atoms with E-state index in [0.29, 0.717) is 6.04 Å². The van der Waals surface area contributed by atoms with Crippen molar-refractivity contribution >= 4 is 0 Å². The molecule has 0 heterocycles. The van der Waals surface area contributed by atoms with Gasteiger partial charge in [-0.25, -0.2) is 0 Å². The Balaban J connectivity index is 2.64. The Morgan fingerprint density at radius 2 is 1.86 bits per heavy atom. The van der Waals surface area contributed by atoms with Crippen molar-refractivity contribution in [2.24, 2.45) is 0 Å². The Morgan fingerprint density at radius 1 is 1.14 bits per heavy atom. The molecule has 0 amide bonds. The predicted octanol–water partition coefficient (Wildman–Crippen LogP) is 3.34. The highest BCUT2D eigenvalue weighted by molar-refractivity contribution is 5.33. The Kier molecular flexibility index (Phi) is 9.11. The maximum Gasteiger partial charge on any atom is 0.122 e. The lowest BCUT2D eigenvalue weighted by atomic mass is 10.0. The van der Waals surface area contributed by atoms with Crippen molar-refractivity contribution in [1.29, 1.82) is 0 Å². The first-order valence-corrected chi connectivity index (χ1v) is 8.32. The van der Waals surface area contributed by atoms with Gasteiger partial charge in [0.2, 0.25) is 0 Å². The normalized spacial score (nSPS) is 12.6. The highest BCUT2D eigenvalue weighted by Crippen LogP contribution is 2.19. The zero-order valence-corrected chi connectivity index (χ0v) is 14.2. The van der Waals surface area contributed by atoms with E-state index in [1.807, 2.05) is 6.07 Å². The van der Waals surface area contributed by atoms with E-state index in [1.54, 1.807) is 7.11 Å². The molecule has 0 radical (unpaired) electrons. The summed E-state index contributed by atoms with van der Waals surface area (Å²) < 4.78 is 5.48. The monoisotopic (exact) mass is 292 g/mol. The fourth-order valence-corrected chi connectivity index (χ4v) is 2.64. The molecule has 0 aliphatic rings. The molecule has 0 aromatic heterocycles. The topological polar surface area (TPSA) is 24.5 Å². The van der Waals surface area contributed by atoms with E-state index in [-0.39, 0.29) is 0 Å². The molecule has 3 heteroatoms. The van der Waals surface area contributed by atoms with Crippen LogP contribution < -0.4 is 10.1 Å². The lowest BCUT2D eigenvalue weighted by Gasteiger charge is -2.24. The summed E-state index contributed by atoms with van der Waals surface area (Å²) in [6.45, 7) is 11.2. The van der Waals surface area contributed by atoms with E-state index in [4.69, 9.17) is 4.74 Å². The van der Waals surface area contributed by atoms with Crippen LogP contribution in [0.15, 0.2) is 24.3 Å². The van der Waals surface area contributed by atoms with Crippen molar-refractivity contribution in [3.05, 3.63) is 29.8 Å². The maximum atomic E-state index is 5.48. The minimum absolute atomic E-state index is 0.516. The van der Waals surface area contributed by atoms with Gasteiger partial charge in [-0.1, -0.05) is 39.0 Å². The van der Waals surface area contributed by atoms with Crippen LogP contribution in [0, 0.1) is 0 Å². The summed E-state index contributed by atoms with van der Waals surface area (Å²) in [5.74, 6) is 1.00. The van der Waals surface area contributed by atoms with Crippen LogP contribution in [0.1, 0.15) is 39.2 Å². The molecule has 1 unspecified atom stereocenters. The van der Waals surface area contributed by atoms with Crippen LogP contribution in [0.25, 0.3) is 0 Å². The molecular weight excluding hydrogens is 260 g/mol. The van der Waals surface area contributed by atoms with Gasteiger partial charge in [-0.2, -0.15) is 0 Å². The molecule has 120 valence electrons. The van der Waals surface area contributed by atoms with E-state index in [9.17, 15) is 0 Å². The molecule has 1 N–H and O–H groups in total. The quantitative estimate of drug-likeness (QED) is 0.677. The van der Waals surface area contributed by atoms with Gasteiger partial charge in [0.1, 0.15) is 5.75 Å². The van der Waals surface area contributed by atoms with Crippen LogP contribution >= 0.6 is 0 Å². The van der Waals surface area contributed by atoms with Crippen LogP contribution in [0.5, 0.6) is 5.75 Å². The Bertz CT molecular complexity index is 377. The van der Waals surface area contributed by atoms with Gasteiger partial charge in [0.25, 0.3) is 0 Å². The van der Waals surface area contributed by atoms with Crippen molar-refractivity contribution in [3.8, 4) is 5.75 Å². The largest absolute Gasteiger partial charge is 0.496 e. The van der Waals surface area contributed by atoms with Gasteiger partial charge in [0, 0.05) is 6.04 Å². The van der Waals surface area contributed by atoms with Crippen LogP contribution in [-0.2, 0) is 6.42 Å². The Hall–Kier alpha value is -1.06. The molecule has 1 atom stereocenters. The molecule has 0 saturated heterocycles. The number of benzene rings is 1. The van der Waals surface area contributed by atoms with E-state index in [2.05, 4.69) is 49.2 Å². The first-order chi connectivity index (χ1) is 10.2. The molecule has 1 rings (SSSR count). The number of hydrogen-bond acceptors (Lipinski definition) is 3. The Labute approximate surface area is 130 Å². The highest BCUT2D eigenvalue weighted by Gasteiger charge is 2.13. The first kappa shape index (κ1) is 18.0. The van der Waals surface area contributed by atoms with E-state index in [0.717, 1.165) is 38.3 Å². The third-order valence-corrected chi connectivity index (χ3v) is 4.03. The van der Waals surface area contributed by atoms with Gasteiger partial charge in [-0.15, -0.1) is 0 Å². The second-order valence-electron chi connectivity index (χ2n) is 5.48. The standard InChI is InChI=1S/C18H32N2O/c1-5-13-19-17(12-14-20(6-2)7-3)15-16-10-8-9-11-18(16)21-4/h8-11,17,19H,5-7,12-15H2,1-4H3. The lowest BCUT2D eigenvalue weighted by molar-refractivity contribution is 0.279. The van der Waals surface area contributed by atoms with Gasteiger partial charge in [0.15, 0.2) is 0 Å². The second kappa shape index (κ2) is 10.6. The summed E-state index contributed by atoms with van der Waals surface area (Å²) in [5, 5.41) is 3.69. The molecule has 0 spiro atoms. The molecule has 0 bridgehead atoms.